The van der Waals surface area contributed by atoms with Crippen LogP contribution in [0.2, 0.25) is 0 Å². The monoisotopic (exact) mass is 590 g/mol. The molecule has 39 heavy (non-hydrogen) atoms. The molecule has 2 N–H and O–H groups in total. The smallest absolute Gasteiger partial charge is 0.490 e. The van der Waals surface area contributed by atoms with Crippen LogP contribution in [0.5, 0.6) is 11.6 Å². The van der Waals surface area contributed by atoms with E-state index in [0.29, 0.717) is 32.1 Å². The average molecular weight is 591 g/mol. The Labute approximate surface area is 221 Å². The summed E-state index contributed by atoms with van der Waals surface area (Å²) in [6.45, 7) is 0.874. The summed E-state index contributed by atoms with van der Waals surface area (Å²) in [5, 5.41) is 18.2. The van der Waals surface area contributed by atoms with Gasteiger partial charge in [-0.15, -0.1) is 11.3 Å². The molecule has 0 amide bonds. The molecule has 1 aromatic carbocycles. The summed E-state index contributed by atoms with van der Waals surface area (Å²) in [6, 6.07) is 4.36. The van der Waals surface area contributed by atoms with Crippen molar-refractivity contribution < 1.29 is 44.4 Å². The van der Waals surface area contributed by atoms with E-state index in [4.69, 9.17) is 4.74 Å². The van der Waals surface area contributed by atoms with Gasteiger partial charge in [-0.2, -0.15) is 26.7 Å². The van der Waals surface area contributed by atoms with Gasteiger partial charge in [0.1, 0.15) is 35.4 Å². The van der Waals surface area contributed by atoms with E-state index in [9.17, 15) is 31.1 Å². The van der Waals surface area contributed by atoms with Crippen molar-refractivity contribution in [3.05, 3.63) is 47.0 Å². The number of rotatable bonds is 7. The minimum atomic E-state index is -6.11. The summed E-state index contributed by atoms with van der Waals surface area (Å²) in [7, 11) is -6.11. The molecular formula is C23H19F5N4O5S2. The fourth-order valence-electron chi connectivity index (χ4n) is 4.18. The predicted octanol–water partition coefficient (Wildman–Crippen LogP) is 3.85. The maximum atomic E-state index is 15.4. The van der Waals surface area contributed by atoms with Crippen molar-refractivity contribution in [2.75, 3.05) is 26.3 Å². The predicted molar refractivity (Wildman–Crippen MR) is 131 cm³/mol. The van der Waals surface area contributed by atoms with Gasteiger partial charge in [0.05, 0.1) is 28.8 Å². The molecule has 0 saturated heterocycles. The molecule has 5 rings (SSSR count). The Balaban J connectivity index is 1.82. The van der Waals surface area contributed by atoms with Crippen LogP contribution in [0.1, 0.15) is 5.69 Å². The summed E-state index contributed by atoms with van der Waals surface area (Å²) < 4.78 is 105. The number of aromatic nitrogens is 3. The van der Waals surface area contributed by atoms with Crippen LogP contribution in [0, 0.1) is 11.6 Å². The van der Waals surface area contributed by atoms with Gasteiger partial charge in [-0.05, 0) is 17.5 Å². The molecule has 0 spiro atoms. The van der Waals surface area contributed by atoms with Gasteiger partial charge >= 0.3 is 15.6 Å². The van der Waals surface area contributed by atoms with Crippen molar-refractivity contribution >= 4 is 31.5 Å². The molecule has 9 nitrogen and oxygen atoms in total. The molecule has 3 aromatic heterocycles. The fourth-order valence-corrected chi connectivity index (χ4v) is 5.55. The maximum absolute atomic E-state index is 15.4. The molecule has 16 heteroatoms. The van der Waals surface area contributed by atoms with Crippen LogP contribution in [0.15, 0.2) is 29.6 Å². The Morgan fingerprint density at radius 2 is 1.95 bits per heavy atom. The zero-order valence-electron chi connectivity index (χ0n) is 19.8. The average Bonchev–Trinajstić information content (AvgIpc) is 3.45. The number of halogens is 5. The standard InChI is InChI=1S/C23H19F5N4O5S2/c24-12-9-15(25)18(17(10-12)36-7-6-33)19-20(16-11-13-1-3-29-4-5-32(13)31-16)30-22(14-2-8-38-21(14)19)37-39(34,35)23(26,27)28/h2,8-11,29,33H,1,3-7H2. The SMILES string of the molecule is O=S(=O)(Oc1nc(-c2cc3n(n2)CCNCC3)c(-c2c(F)cc(F)cc2OCCO)c2sccc12)C(F)(F)F. The van der Waals surface area contributed by atoms with Crippen molar-refractivity contribution in [1.82, 2.24) is 20.1 Å². The molecule has 1 aliphatic rings. The highest BCUT2D eigenvalue weighted by atomic mass is 32.2. The van der Waals surface area contributed by atoms with Crippen LogP contribution in [0.4, 0.5) is 22.0 Å². The quantitative estimate of drug-likeness (QED) is 0.190. The lowest BCUT2D eigenvalue weighted by Crippen LogP contribution is -2.28. The van der Waals surface area contributed by atoms with Gasteiger partial charge in [0.2, 0.25) is 5.88 Å². The molecule has 0 bridgehead atoms. The number of ether oxygens (including phenoxy) is 1. The minimum Gasteiger partial charge on any atom is -0.490 e. The molecule has 0 saturated carbocycles. The van der Waals surface area contributed by atoms with Crippen LogP contribution in [-0.4, -0.2) is 60.1 Å². The minimum absolute atomic E-state index is 0.0198. The highest BCUT2D eigenvalue weighted by molar-refractivity contribution is 7.88. The number of alkyl halides is 3. The first-order valence-corrected chi connectivity index (χ1v) is 13.7. The summed E-state index contributed by atoms with van der Waals surface area (Å²) in [4.78, 5) is 4.12. The highest BCUT2D eigenvalue weighted by Crippen LogP contribution is 2.47. The van der Waals surface area contributed by atoms with E-state index in [-0.39, 0.29) is 45.0 Å². The Kier molecular flexibility index (Phi) is 7.21. The lowest BCUT2D eigenvalue weighted by molar-refractivity contribution is -0.0500. The number of fused-ring (bicyclic) bond motifs is 2. The molecule has 0 aliphatic carbocycles. The molecular weight excluding hydrogens is 571 g/mol. The fraction of sp³-hybridized carbons (Fsp3) is 0.304. The van der Waals surface area contributed by atoms with Gasteiger partial charge in [-0.25, -0.2) is 13.8 Å². The molecule has 0 unspecified atom stereocenters. The van der Waals surface area contributed by atoms with Gasteiger partial charge in [0.25, 0.3) is 0 Å². The third-order valence-corrected chi connectivity index (χ3v) is 7.70. The second kappa shape index (κ2) is 10.3. The largest absolute Gasteiger partial charge is 0.534 e. The first-order valence-electron chi connectivity index (χ1n) is 11.4. The van der Waals surface area contributed by atoms with E-state index in [0.717, 1.165) is 23.1 Å². The topological polar surface area (TPSA) is 116 Å². The molecule has 208 valence electrons. The number of hydrogen-bond acceptors (Lipinski definition) is 9. The zero-order valence-corrected chi connectivity index (χ0v) is 21.4. The van der Waals surface area contributed by atoms with E-state index in [1.165, 1.54) is 11.4 Å². The normalized spacial score (nSPS) is 14.3. The first-order chi connectivity index (χ1) is 18.5. The number of nitrogens with one attached hydrogen (secondary N) is 1. The number of thiophene rings is 1. The zero-order chi connectivity index (χ0) is 27.9. The first kappa shape index (κ1) is 27.2. The van der Waals surface area contributed by atoms with E-state index in [1.54, 1.807) is 10.7 Å². The van der Waals surface area contributed by atoms with Gasteiger partial charge in [0.15, 0.2) is 0 Å². The molecule has 1 aliphatic heterocycles. The third-order valence-electron chi connectivity index (χ3n) is 5.83. The van der Waals surface area contributed by atoms with Crippen LogP contribution in [0.3, 0.4) is 0 Å². The van der Waals surface area contributed by atoms with E-state index >= 15 is 4.39 Å². The maximum Gasteiger partial charge on any atom is 0.534 e. The second-order valence-corrected chi connectivity index (χ2v) is 10.8. The number of aliphatic hydroxyl groups excluding tert-OH is 1. The number of hydrogen-bond donors (Lipinski definition) is 2. The second-order valence-electron chi connectivity index (χ2n) is 8.36. The van der Waals surface area contributed by atoms with Crippen LogP contribution in [-0.2, 0) is 23.1 Å². The van der Waals surface area contributed by atoms with E-state index in [2.05, 4.69) is 19.6 Å². The molecule has 0 fully saturated rings. The van der Waals surface area contributed by atoms with Crippen LogP contribution >= 0.6 is 11.3 Å². The molecule has 0 radical (unpaired) electrons. The van der Waals surface area contributed by atoms with Crippen LogP contribution in [0.25, 0.3) is 32.6 Å². The number of pyridine rings is 1. The van der Waals surface area contributed by atoms with E-state index in [1.807, 2.05) is 0 Å². The van der Waals surface area contributed by atoms with Gasteiger partial charge in [-0.3, -0.25) is 4.68 Å². The Morgan fingerprint density at radius 1 is 1.15 bits per heavy atom. The number of nitrogens with zero attached hydrogens (tertiary/aromatic N) is 3. The van der Waals surface area contributed by atoms with Gasteiger partial charge in [-0.1, -0.05) is 0 Å². The summed E-state index contributed by atoms with van der Waals surface area (Å²) in [6.07, 6.45) is 0.547. The lowest BCUT2D eigenvalue weighted by Gasteiger charge is -2.17. The van der Waals surface area contributed by atoms with Crippen molar-refractivity contribution in [1.29, 1.82) is 0 Å². The molecule has 4 aromatic rings. The van der Waals surface area contributed by atoms with E-state index < -0.39 is 39.7 Å². The molecule has 0 atom stereocenters. The summed E-state index contributed by atoms with van der Waals surface area (Å²) in [5.74, 6) is -3.24. The van der Waals surface area contributed by atoms with Gasteiger partial charge in [0, 0.05) is 42.9 Å². The van der Waals surface area contributed by atoms with Crippen LogP contribution < -0.4 is 14.2 Å². The highest BCUT2D eigenvalue weighted by Gasteiger charge is 2.49. The Bertz CT molecular complexity index is 1630. The number of aliphatic hydroxyl groups is 1. The van der Waals surface area contributed by atoms with Crippen molar-refractivity contribution in [2.45, 2.75) is 18.5 Å². The molecule has 4 heterocycles. The van der Waals surface area contributed by atoms with Gasteiger partial charge < -0.3 is 19.3 Å². The van der Waals surface area contributed by atoms with Crippen molar-refractivity contribution in [2.24, 2.45) is 0 Å². The van der Waals surface area contributed by atoms with Crippen molar-refractivity contribution in [3.8, 4) is 34.1 Å². The summed E-state index contributed by atoms with van der Waals surface area (Å²) in [5.41, 5.74) is -5.41. The lowest BCUT2D eigenvalue weighted by atomic mass is 9.98. The number of benzene rings is 1. The Hall–Kier alpha value is -3.34. The van der Waals surface area contributed by atoms with Crippen molar-refractivity contribution in [3.63, 3.8) is 0 Å². The Morgan fingerprint density at radius 3 is 2.69 bits per heavy atom. The summed E-state index contributed by atoms with van der Waals surface area (Å²) >= 11 is 0.943. The third kappa shape index (κ3) is 5.16.